The van der Waals surface area contributed by atoms with Crippen LogP contribution in [0.2, 0.25) is 0 Å². The predicted molar refractivity (Wildman–Crippen MR) is 162 cm³/mol. The molecular weight excluding hydrogens is 583 g/mol. The molecule has 17 heteroatoms. The van der Waals surface area contributed by atoms with Crippen LogP contribution < -0.4 is 11.1 Å². The number of carboxylic acids is 1. The van der Waals surface area contributed by atoms with Crippen molar-refractivity contribution in [2.45, 2.75) is 32.6 Å². The second-order valence-electron chi connectivity index (χ2n) is 9.26. The van der Waals surface area contributed by atoms with E-state index in [0.29, 0.717) is 70.8 Å². The predicted octanol–water partition coefficient (Wildman–Crippen LogP) is 0.556. The summed E-state index contributed by atoms with van der Waals surface area (Å²) in [6.07, 6.45) is 4.77. The van der Waals surface area contributed by atoms with Crippen molar-refractivity contribution < 1.29 is 43.8 Å². The number of nitrogens with zero attached hydrogens (tertiary/aromatic N) is 3. The van der Waals surface area contributed by atoms with E-state index in [4.69, 9.17) is 20.7 Å². The molecule has 0 saturated carbocycles. The van der Waals surface area contributed by atoms with E-state index in [9.17, 15) is 28.8 Å². The highest BCUT2D eigenvalue weighted by Gasteiger charge is 2.25. The van der Waals surface area contributed by atoms with Crippen molar-refractivity contribution in [3.05, 3.63) is 0 Å². The maximum Gasteiger partial charge on any atom is 0.303 e. The number of nitrogens with two attached hydrogens (primary N) is 1. The van der Waals surface area contributed by atoms with Gasteiger partial charge in [0.1, 0.15) is 6.29 Å². The van der Waals surface area contributed by atoms with Gasteiger partial charge in [-0.15, -0.1) is 0 Å². The van der Waals surface area contributed by atoms with Gasteiger partial charge in [-0.25, -0.2) is 0 Å². The summed E-state index contributed by atoms with van der Waals surface area (Å²) in [4.78, 5) is 66.7. The largest absolute Gasteiger partial charge is 0.483 e. The lowest BCUT2D eigenvalue weighted by molar-refractivity contribution is -0.136. The number of aldehydes is 1. The first-order chi connectivity index (χ1) is 19.0. The number of nitrogens with one attached hydrogen (secondary N) is 1. The summed E-state index contributed by atoms with van der Waals surface area (Å²) in [5.74, 6) is -0.926. The molecule has 8 N–H and O–H groups in total. The molecule has 1 rings (SSSR count). The van der Waals surface area contributed by atoms with Crippen LogP contribution in [-0.4, -0.2) is 155 Å². The zero-order chi connectivity index (χ0) is 30.8. The van der Waals surface area contributed by atoms with Crippen molar-refractivity contribution in [1.29, 1.82) is 0 Å². The van der Waals surface area contributed by atoms with Crippen LogP contribution in [0.5, 0.6) is 0 Å². The number of aliphatic carboxylic acids is 1. The fourth-order valence-electron chi connectivity index (χ4n) is 3.65. The Bertz CT molecular complexity index is 696. The molecule has 0 aromatic heterocycles. The van der Waals surface area contributed by atoms with Crippen LogP contribution in [0.4, 0.5) is 0 Å². The first-order valence-electron chi connectivity index (χ1n) is 13.4. The topological polar surface area (TPSA) is 217 Å². The van der Waals surface area contributed by atoms with Gasteiger partial charge in [-0.2, -0.15) is 0 Å². The van der Waals surface area contributed by atoms with Crippen molar-refractivity contribution in [3.8, 4) is 0 Å². The summed E-state index contributed by atoms with van der Waals surface area (Å²) >= 11 is 0. The quantitative estimate of drug-likeness (QED) is 0.0660. The summed E-state index contributed by atoms with van der Waals surface area (Å²) in [5, 5.41) is 18.7. The van der Waals surface area contributed by atoms with Crippen LogP contribution in [0, 0.1) is 0 Å². The zero-order valence-electron chi connectivity index (χ0n) is 24.0. The van der Waals surface area contributed by atoms with Crippen molar-refractivity contribution in [2.75, 3.05) is 96.7 Å². The second kappa shape index (κ2) is 27.2. The average molecular weight is 636 g/mol. The average Bonchev–Trinajstić information content (AvgIpc) is 2.97. The van der Waals surface area contributed by atoms with E-state index in [2.05, 4.69) is 15.1 Å². The minimum Gasteiger partial charge on any atom is -0.483 e. The molecular formula is C23H52N5O9P3. The van der Waals surface area contributed by atoms with Gasteiger partial charge < -0.3 is 40.7 Å². The Balaban J connectivity index is 0. The molecule has 1 fully saturated rings. The number of carbonyl (C=O) groups is 3. The van der Waals surface area contributed by atoms with Gasteiger partial charge in [-0.3, -0.25) is 28.9 Å². The monoisotopic (exact) mass is 635 g/mol. The van der Waals surface area contributed by atoms with E-state index in [-0.39, 0.29) is 31.5 Å². The molecule has 0 aromatic carbocycles. The summed E-state index contributed by atoms with van der Waals surface area (Å²) in [5.41, 5.74) is 5.17. The lowest BCUT2D eigenvalue weighted by Crippen LogP contribution is -2.37. The molecule has 1 heterocycles. The van der Waals surface area contributed by atoms with Gasteiger partial charge in [0.05, 0.1) is 12.7 Å². The van der Waals surface area contributed by atoms with Crippen LogP contribution in [0.25, 0.3) is 0 Å². The molecule has 1 aliphatic heterocycles. The Morgan fingerprint density at radius 3 is 1.85 bits per heavy atom. The normalized spacial score (nSPS) is 18.2. The standard InChI is InChI=1S/C18H38N3O7P3.C4H12N2.CH2O2/c1-2-14-31(27,28)17-21-9-7-19(15-29(25)12-3-11-22)5-6-20(8-10-21)16-30(26)13-4-18(23)24;1-6-4-2-3-5;2-1-3/h11,25-26H,2-10,12-17H2,1H3,(H,23,24)(H,27,28);6H,2-5H2,1H3;1H,(H,2,3). The second-order valence-corrected chi connectivity index (χ2v) is 15.2. The van der Waals surface area contributed by atoms with Crippen molar-refractivity contribution >= 4 is 42.4 Å². The third-order valence-electron chi connectivity index (χ3n) is 5.64. The van der Waals surface area contributed by atoms with Gasteiger partial charge in [0.2, 0.25) is 7.37 Å². The lowest BCUT2D eigenvalue weighted by Gasteiger charge is -2.28. The molecule has 0 aliphatic carbocycles. The van der Waals surface area contributed by atoms with Crippen LogP contribution in [0.1, 0.15) is 32.6 Å². The Morgan fingerprint density at radius 1 is 1.00 bits per heavy atom. The summed E-state index contributed by atoms with van der Waals surface area (Å²) in [7, 11) is -4.04. The van der Waals surface area contributed by atoms with Crippen molar-refractivity contribution in [3.63, 3.8) is 0 Å². The molecule has 0 radical (unpaired) electrons. The van der Waals surface area contributed by atoms with E-state index >= 15 is 0 Å². The Morgan fingerprint density at radius 2 is 1.48 bits per heavy atom. The minimum atomic E-state index is -3.25. The highest BCUT2D eigenvalue weighted by molar-refractivity contribution is 7.57. The summed E-state index contributed by atoms with van der Waals surface area (Å²) < 4.78 is 12.5. The third-order valence-corrected chi connectivity index (χ3v) is 10.6. The van der Waals surface area contributed by atoms with Crippen LogP contribution in [0.3, 0.4) is 0 Å². The molecule has 0 amide bonds. The van der Waals surface area contributed by atoms with Crippen molar-refractivity contribution in [1.82, 2.24) is 20.0 Å². The molecule has 1 saturated heterocycles. The van der Waals surface area contributed by atoms with Gasteiger partial charge in [0, 0.05) is 86.9 Å². The summed E-state index contributed by atoms with van der Waals surface area (Å²) in [6.45, 7) is 7.24. The van der Waals surface area contributed by atoms with E-state index < -0.39 is 29.6 Å². The van der Waals surface area contributed by atoms with E-state index in [0.717, 1.165) is 25.8 Å². The summed E-state index contributed by atoms with van der Waals surface area (Å²) in [6, 6.07) is 0. The zero-order valence-corrected chi connectivity index (χ0v) is 26.7. The van der Waals surface area contributed by atoms with Crippen LogP contribution in [0.15, 0.2) is 0 Å². The molecule has 1 aliphatic rings. The Labute approximate surface area is 241 Å². The number of carboxylic acid groups (broad SMARTS) is 2. The van der Waals surface area contributed by atoms with Crippen LogP contribution >= 0.6 is 23.7 Å². The molecule has 0 bridgehead atoms. The van der Waals surface area contributed by atoms with Gasteiger partial charge in [-0.05, 0) is 39.1 Å². The molecule has 0 aromatic rings. The minimum absolute atomic E-state index is 0.0649. The SMILES string of the molecule is CCCP(=O)(O)CN1CCN(CP(O)CCC=O)CCN(CP(O)CCC(=O)O)CC1.CNCCCN.O=CO. The van der Waals surface area contributed by atoms with E-state index in [1.54, 1.807) is 0 Å². The van der Waals surface area contributed by atoms with Crippen molar-refractivity contribution in [2.24, 2.45) is 5.73 Å². The molecule has 3 unspecified atom stereocenters. The Hall–Kier alpha value is -0.620. The van der Waals surface area contributed by atoms with E-state index in [1.165, 1.54) is 0 Å². The smallest absolute Gasteiger partial charge is 0.303 e. The highest BCUT2D eigenvalue weighted by atomic mass is 31.2. The fraction of sp³-hybridized carbons (Fsp3) is 0.870. The molecule has 0 spiro atoms. The maximum atomic E-state index is 12.5. The van der Waals surface area contributed by atoms with Gasteiger partial charge in [-0.1, -0.05) is 6.92 Å². The first kappa shape index (κ1) is 41.5. The maximum absolute atomic E-state index is 12.5. The molecule has 40 heavy (non-hydrogen) atoms. The number of hydrogen-bond acceptors (Lipinski definition) is 11. The van der Waals surface area contributed by atoms with Gasteiger partial charge in [0.25, 0.3) is 6.47 Å². The van der Waals surface area contributed by atoms with Crippen LogP contribution in [-0.2, 0) is 18.9 Å². The highest BCUT2D eigenvalue weighted by Crippen LogP contribution is 2.41. The van der Waals surface area contributed by atoms with Gasteiger partial charge >= 0.3 is 5.97 Å². The molecule has 3 atom stereocenters. The number of rotatable bonds is 17. The molecule has 238 valence electrons. The molecule has 14 nitrogen and oxygen atoms in total. The Kier molecular flexibility index (Phi) is 28.3. The number of carbonyl (C=O) groups excluding carboxylic acids is 1. The fourth-order valence-corrected chi connectivity index (χ4v) is 8.02. The third kappa shape index (κ3) is 26.3. The lowest BCUT2D eigenvalue weighted by atomic mass is 10.4. The van der Waals surface area contributed by atoms with Gasteiger partial charge in [0.15, 0.2) is 0 Å². The first-order valence-corrected chi connectivity index (χ1v) is 18.8. The number of hydrogen-bond donors (Lipinski definition) is 7. The van der Waals surface area contributed by atoms with E-state index in [1.807, 2.05) is 18.9 Å².